The van der Waals surface area contributed by atoms with Crippen molar-refractivity contribution >= 4 is 17.9 Å². The van der Waals surface area contributed by atoms with Crippen molar-refractivity contribution in [1.82, 2.24) is 0 Å². The summed E-state index contributed by atoms with van der Waals surface area (Å²) in [7, 11) is 0. The van der Waals surface area contributed by atoms with E-state index in [-0.39, 0.29) is 10.8 Å². The summed E-state index contributed by atoms with van der Waals surface area (Å²) in [4.78, 5) is 10.7. The van der Waals surface area contributed by atoms with Crippen LogP contribution in [0.5, 0.6) is 5.75 Å². The molecule has 0 aliphatic heterocycles. The first kappa shape index (κ1) is 8.57. The fraction of sp³-hybridized carbons (Fsp3) is 0.300. The largest absolute Gasteiger partial charge is 0.506 e. The highest BCUT2D eigenvalue weighted by Crippen LogP contribution is 2.35. The number of phenolic OH excluding ortho intramolecular Hbond substituents is 1. The molecule has 0 heterocycles. The van der Waals surface area contributed by atoms with Gasteiger partial charge in [-0.1, -0.05) is 11.6 Å². The Hall–Kier alpha value is -1.02. The van der Waals surface area contributed by atoms with Gasteiger partial charge in [-0.2, -0.15) is 0 Å². The summed E-state index contributed by atoms with van der Waals surface area (Å²) in [5, 5.41) is 9.78. The van der Waals surface area contributed by atoms with E-state index in [4.69, 9.17) is 11.6 Å². The van der Waals surface area contributed by atoms with Crippen LogP contribution in [0.25, 0.3) is 0 Å². The lowest BCUT2D eigenvalue weighted by molar-refractivity contribution is 0.112. The maximum absolute atomic E-state index is 10.7. The number of halogens is 1. The summed E-state index contributed by atoms with van der Waals surface area (Å²) in [6.07, 6.45) is 3.55. The third kappa shape index (κ3) is 1.22. The third-order valence-electron chi connectivity index (χ3n) is 2.49. The summed E-state index contributed by atoms with van der Waals surface area (Å²) < 4.78 is 0. The van der Waals surface area contributed by atoms with E-state index in [0.29, 0.717) is 11.8 Å². The highest BCUT2D eigenvalue weighted by molar-refractivity contribution is 6.32. The number of aldehydes is 1. The first-order chi connectivity index (χ1) is 6.24. The zero-order valence-corrected chi connectivity index (χ0v) is 7.77. The van der Waals surface area contributed by atoms with Crippen LogP contribution < -0.4 is 0 Å². The Morgan fingerprint density at radius 1 is 1.46 bits per heavy atom. The molecular formula is C10H9ClO2. The first-order valence-electron chi connectivity index (χ1n) is 4.22. The molecule has 1 aliphatic carbocycles. The average molecular weight is 197 g/mol. The average Bonchev–Trinajstić information content (AvgIpc) is 2.54. The summed E-state index contributed by atoms with van der Waals surface area (Å²) in [5.41, 5.74) is 2.45. The van der Waals surface area contributed by atoms with Gasteiger partial charge in [-0.05, 0) is 36.5 Å². The molecule has 0 saturated carbocycles. The number of aryl methyl sites for hydroxylation is 1. The maximum atomic E-state index is 10.7. The van der Waals surface area contributed by atoms with Gasteiger partial charge in [0.15, 0.2) is 6.29 Å². The van der Waals surface area contributed by atoms with Crippen molar-refractivity contribution in [2.75, 3.05) is 0 Å². The highest BCUT2D eigenvalue weighted by Gasteiger charge is 2.19. The smallest absolute Gasteiger partial charge is 0.154 e. The molecule has 0 aromatic heterocycles. The van der Waals surface area contributed by atoms with Crippen LogP contribution in [0.4, 0.5) is 0 Å². The van der Waals surface area contributed by atoms with Crippen molar-refractivity contribution in [1.29, 1.82) is 0 Å². The molecule has 1 aliphatic rings. The minimum absolute atomic E-state index is 0.0719. The summed E-state index contributed by atoms with van der Waals surface area (Å²) >= 11 is 5.77. The molecule has 0 radical (unpaired) electrons. The van der Waals surface area contributed by atoms with Crippen LogP contribution >= 0.6 is 11.6 Å². The fourth-order valence-corrected chi connectivity index (χ4v) is 2.09. The van der Waals surface area contributed by atoms with Crippen molar-refractivity contribution in [3.8, 4) is 5.75 Å². The van der Waals surface area contributed by atoms with Crippen LogP contribution in [0.15, 0.2) is 6.07 Å². The van der Waals surface area contributed by atoms with Crippen LogP contribution in [0, 0.1) is 0 Å². The highest BCUT2D eigenvalue weighted by atomic mass is 35.5. The molecule has 0 unspecified atom stereocenters. The predicted molar refractivity (Wildman–Crippen MR) is 50.5 cm³/mol. The predicted octanol–water partition coefficient (Wildman–Crippen LogP) is 2.35. The maximum Gasteiger partial charge on any atom is 0.154 e. The quantitative estimate of drug-likeness (QED) is 0.701. The standard InChI is InChI=1S/C10H9ClO2/c11-9-4-6-2-1-3-7(6)8(5-12)10(9)13/h4-5,13H,1-3H2. The van der Waals surface area contributed by atoms with Gasteiger partial charge in [0.2, 0.25) is 0 Å². The van der Waals surface area contributed by atoms with E-state index >= 15 is 0 Å². The van der Waals surface area contributed by atoms with E-state index in [1.54, 1.807) is 6.07 Å². The Labute approximate surface area is 81.1 Å². The van der Waals surface area contributed by atoms with Crippen LogP contribution in [0.1, 0.15) is 27.9 Å². The molecule has 0 amide bonds. The number of fused-ring (bicyclic) bond motifs is 1. The van der Waals surface area contributed by atoms with Gasteiger partial charge in [0.25, 0.3) is 0 Å². The Kier molecular flexibility index (Phi) is 2.00. The van der Waals surface area contributed by atoms with Gasteiger partial charge < -0.3 is 5.11 Å². The van der Waals surface area contributed by atoms with Crippen LogP contribution in [-0.2, 0) is 12.8 Å². The number of carbonyl (C=O) groups excluding carboxylic acids is 1. The van der Waals surface area contributed by atoms with Crippen molar-refractivity contribution in [2.45, 2.75) is 19.3 Å². The summed E-state index contributed by atoms with van der Waals surface area (Å²) in [6, 6.07) is 1.76. The second-order valence-electron chi connectivity index (χ2n) is 3.23. The molecule has 0 atom stereocenters. The van der Waals surface area contributed by atoms with Crippen molar-refractivity contribution in [2.24, 2.45) is 0 Å². The van der Waals surface area contributed by atoms with Gasteiger partial charge in [-0.3, -0.25) is 4.79 Å². The number of hydrogen-bond acceptors (Lipinski definition) is 2. The normalized spacial score (nSPS) is 14.2. The molecule has 0 spiro atoms. The summed E-state index contributed by atoms with van der Waals surface area (Å²) in [6.45, 7) is 0. The van der Waals surface area contributed by atoms with Gasteiger partial charge in [-0.25, -0.2) is 0 Å². The molecule has 0 saturated heterocycles. The van der Waals surface area contributed by atoms with Crippen molar-refractivity contribution in [3.05, 3.63) is 27.8 Å². The minimum atomic E-state index is -0.0719. The number of carbonyl (C=O) groups is 1. The van der Waals surface area contributed by atoms with E-state index in [0.717, 1.165) is 30.4 Å². The Morgan fingerprint density at radius 2 is 2.23 bits per heavy atom. The zero-order chi connectivity index (χ0) is 9.42. The van der Waals surface area contributed by atoms with Crippen LogP contribution in [0.3, 0.4) is 0 Å². The molecule has 3 heteroatoms. The number of rotatable bonds is 1. The molecule has 2 rings (SSSR count). The lowest BCUT2D eigenvalue weighted by atomic mass is 10.0. The number of benzene rings is 1. The van der Waals surface area contributed by atoms with E-state index < -0.39 is 0 Å². The topological polar surface area (TPSA) is 37.3 Å². The number of aromatic hydroxyl groups is 1. The Morgan fingerprint density at radius 3 is 2.92 bits per heavy atom. The monoisotopic (exact) mass is 196 g/mol. The molecule has 1 N–H and O–H groups in total. The molecule has 1 aromatic rings. The zero-order valence-electron chi connectivity index (χ0n) is 7.01. The van der Waals surface area contributed by atoms with Crippen LogP contribution in [-0.4, -0.2) is 11.4 Å². The molecule has 0 bridgehead atoms. The molecule has 0 fully saturated rings. The van der Waals surface area contributed by atoms with Crippen molar-refractivity contribution in [3.63, 3.8) is 0 Å². The second-order valence-corrected chi connectivity index (χ2v) is 3.64. The molecule has 1 aromatic carbocycles. The van der Waals surface area contributed by atoms with E-state index in [9.17, 15) is 9.90 Å². The van der Waals surface area contributed by atoms with Gasteiger partial charge in [-0.15, -0.1) is 0 Å². The molecular weight excluding hydrogens is 188 g/mol. The first-order valence-corrected chi connectivity index (χ1v) is 4.60. The number of hydrogen-bond donors (Lipinski definition) is 1. The van der Waals surface area contributed by atoms with Crippen molar-refractivity contribution < 1.29 is 9.90 Å². The van der Waals surface area contributed by atoms with E-state index in [1.807, 2.05) is 0 Å². The van der Waals surface area contributed by atoms with Gasteiger partial charge in [0.1, 0.15) is 5.75 Å². The van der Waals surface area contributed by atoms with E-state index in [1.165, 1.54) is 0 Å². The SMILES string of the molecule is O=Cc1c(O)c(Cl)cc2c1CCC2. The number of phenols is 1. The van der Waals surface area contributed by atoms with Gasteiger partial charge in [0, 0.05) is 0 Å². The molecule has 13 heavy (non-hydrogen) atoms. The minimum Gasteiger partial charge on any atom is -0.506 e. The lowest BCUT2D eigenvalue weighted by Crippen LogP contribution is -1.92. The van der Waals surface area contributed by atoms with E-state index in [2.05, 4.69) is 0 Å². The summed E-state index contributed by atoms with van der Waals surface area (Å²) in [5.74, 6) is -0.0719. The Balaban J connectivity index is 2.71. The molecule has 68 valence electrons. The molecule has 2 nitrogen and oxygen atoms in total. The fourth-order valence-electron chi connectivity index (χ4n) is 1.85. The third-order valence-corrected chi connectivity index (χ3v) is 2.77. The van der Waals surface area contributed by atoms with Crippen LogP contribution in [0.2, 0.25) is 5.02 Å². The second kappa shape index (κ2) is 3.04. The lowest BCUT2D eigenvalue weighted by Gasteiger charge is -2.06. The Bertz CT molecular complexity index is 372. The van der Waals surface area contributed by atoms with Gasteiger partial charge >= 0.3 is 0 Å². The van der Waals surface area contributed by atoms with Gasteiger partial charge in [0.05, 0.1) is 10.6 Å².